The molecule has 0 saturated carbocycles. The van der Waals surface area contributed by atoms with E-state index in [1.807, 2.05) is 13.0 Å². The van der Waals surface area contributed by atoms with Gasteiger partial charge >= 0.3 is 0 Å². The molecule has 0 bridgehead atoms. The Bertz CT molecular complexity index is 642. The van der Waals surface area contributed by atoms with Gasteiger partial charge in [0, 0.05) is 51.2 Å². The topological polar surface area (TPSA) is 87.5 Å². The first-order valence-electron chi connectivity index (χ1n) is 7.14. The summed E-state index contributed by atoms with van der Waals surface area (Å²) in [4.78, 5) is 22.6. The van der Waals surface area contributed by atoms with E-state index in [1.54, 1.807) is 10.7 Å². The van der Waals surface area contributed by atoms with Crippen LogP contribution >= 0.6 is 24.8 Å². The van der Waals surface area contributed by atoms with Crippen LogP contribution in [0.3, 0.4) is 0 Å². The number of nitrogens with one attached hydrogen (secondary N) is 2. The van der Waals surface area contributed by atoms with Crippen molar-refractivity contribution < 1.29 is 4.79 Å². The molecule has 0 radical (unpaired) electrons. The van der Waals surface area contributed by atoms with Gasteiger partial charge in [-0.25, -0.2) is 9.50 Å². The van der Waals surface area contributed by atoms with E-state index in [2.05, 4.69) is 30.6 Å². The maximum absolute atomic E-state index is 12.1. The monoisotopic (exact) mass is 361 g/mol. The maximum Gasteiger partial charge on any atom is 0.291 e. The lowest BCUT2D eigenvalue weighted by Crippen LogP contribution is -2.46. The number of hydrogen-bond acceptors (Lipinski definition) is 6. The van der Waals surface area contributed by atoms with Crippen LogP contribution in [0.4, 0.5) is 0 Å². The molecule has 3 heterocycles. The first kappa shape index (κ1) is 19.6. The smallest absolute Gasteiger partial charge is 0.291 e. The van der Waals surface area contributed by atoms with Gasteiger partial charge in [0.15, 0.2) is 0 Å². The molecule has 1 amide bonds. The predicted molar refractivity (Wildman–Crippen MR) is 91.7 cm³/mol. The summed E-state index contributed by atoms with van der Waals surface area (Å²) >= 11 is 0. The van der Waals surface area contributed by atoms with Gasteiger partial charge in [-0.3, -0.25) is 9.69 Å². The van der Waals surface area contributed by atoms with Crippen LogP contribution in [0.5, 0.6) is 0 Å². The zero-order chi connectivity index (χ0) is 14.7. The minimum absolute atomic E-state index is 0. The number of carbonyl (C=O) groups is 1. The lowest BCUT2D eigenvalue weighted by Gasteiger charge is -2.26. The highest BCUT2D eigenvalue weighted by Crippen LogP contribution is 2.01. The van der Waals surface area contributed by atoms with Gasteiger partial charge in [0.25, 0.3) is 11.7 Å². The van der Waals surface area contributed by atoms with Gasteiger partial charge in [-0.15, -0.1) is 29.9 Å². The number of fused-ring (bicyclic) bond motifs is 1. The first-order chi connectivity index (χ1) is 10.2. The molecule has 10 heteroatoms. The Kier molecular flexibility index (Phi) is 7.63. The molecule has 3 rings (SSSR count). The third kappa shape index (κ3) is 4.74. The molecule has 8 nitrogen and oxygen atoms in total. The van der Waals surface area contributed by atoms with E-state index in [1.165, 1.54) is 0 Å². The molecule has 2 aromatic rings. The van der Waals surface area contributed by atoms with Crippen LogP contribution in [0, 0.1) is 6.92 Å². The summed E-state index contributed by atoms with van der Waals surface area (Å²) in [6.45, 7) is 7.39. The van der Waals surface area contributed by atoms with E-state index >= 15 is 0 Å². The van der Waals surface area contributed by atoms with Gasteiger partial charge in [-0.1, -0.05) is 0 Å². The van der Waals surface area contributed by atoms with Crippen molar-refractivity contribution in [2.45, 2.75) is 6.92 Å². The Morgan fingerprint density at radius 3 is 2.78 bits per heavy atom. The Hall–Kier alpha value is -1.48. The van der Waals surface area contributed by atoms with Crippen LogP contribution < -0.4 is 10.6 Å². The SMILES string of the molecule is Cc1ccnc2nc(C(=O)NCCN3CCNCC3)nn12.Cl.Cl. The van der Waals surface area contributed by atoms with E-state index < -0.39 is 0 Å². The Morgan fingerprint density at radius 1 is 1.35 bits per heavy atom. The fraction of sp³-hybridized carbons (Fsp3) is 0.538. The lowest BCUT2D eigenvalue weighted by atomic mass is 10.3. The third-order valence-corrected chi connectivity index (χ3v) is 3.56. The predicted octanol–water partition coefficient (Wildman–Crippen LogP) is -0.0887. The van der Waals surface area contributed by atoms with E-state index in [9.17, 15) is 4.79 Å². The van der Waals surface area contributed by atoms with Crippen molar-refractivity contribution >= 4 is 36.5 Å². The van der Waals surface area contributed by atoms with Gasteiger partial charge in [-0.2, -0.15) is 4.98 Å². The standard InChI is InChI=1S/C13H19N7O.2ClH/c1-10-2-3-16-13-17-11(18-20(10)13)12(21)15-6-9-19-7-4-14-5-8-19;;/h2-3,14H,4-9H2,1H3,(H,15,21);2*1H. The highest BCUT2D eigenvalue weighted by atomic mass is 35.5. The molecule has 128 valence electrons. The molecule has 0 unspecified atom stereocenters. The number of halogens is 2. The highest BCUT2D eigenvalue weighted by molar-refractivity contribution is 5.90. The molecule has 0 spiro atoms. The average Bonchev–Trinajstić information content (AvgIpc) is 2.94. The molecule has 0 atom stereocenters. The van der Waals surface area contributed by atoms with Crippen molar-refractivity contribution in [1.82, 2.24) is 35.1 Å². The maximum atomic E-state index is 12.1. The summed E-state index contributed by atoms with van der Waals surface area (Å²) < 4.78 is 1.57. The highest BCUT2D eigenvalue weighted by Gasteiger charge is 2.15. The van der Waals surface area contributed by atoms with Crippen LogP contribution in [-0.4, -0.2) is 69.7 Å². The second-order valence-electron chi connectivity index (χ2n) is 5.08. The fourth-order valence-corrected chi connectivity index (χ4v) is 2.34. The van der Waals surface area contributed by atoms with Crippen LogP contribution in [-0.2, 0) is 0 Å². The van der Waals surface area contributed by atoms with Crippen LogP contribution in [0.25, 0.3) is 5.78 Å². The number of nitrogens with zero attached hydrogens (tertiary/aromatic N) is 5. The zero-order valence-corrected chi connectivity index (χ0v) is 14.5. The van der Waals surface area contributed by atoms with E-state index in [0.717, 1.165) is 38.4 Å². The van der Waals surface area contributed by atoms with Crippen molar-refractivity contribution in [3.05, 3.63) is 23.8 Å². The van der Waals surface area contributed by atoms with Crippen LogP contribution in [0.15, 0.2) is 12.3 Å². The summed E-state index contributed by atoms with van der Waals surface area (Å²) in [5, 5.41) is 10.3. The summed E-state index contributed by atoms with van der Waals surface area (Å²) in [5.41, 5.74) is 0.896. The van der Waals surface area contributed by atoms with Crippen LogP contribution in [0.1, 0.15) is 16.3 Å². The molecule has 23 heavy (non-hydrogen) atoms. The van der Waals surface area contributed by atoms with E-state index in [4.69, 9.17) is 0 Å². The minimum Gasteiger partial charge on any atom is -0.348 e. The normalized spacial score (nSPS) is 14.8. The Balaban J connectivity index is 0.00000132. The molecular formula is C13H21Cl2N7O. The molecule has 2 aromatic heterocycles. The molecule has 0 aliphatic carbocycles. The molecule has 0 aromatic carbocycles. The van der Waals surface area contributed by atoms with E-state index in [0.29, 0.717) is 12.3 Å². The summed E-state index contributed by atoms with van der Waals surface area (Å²) in [7, 11) is 0. The van der Waals surface area contributed by atoms with Crippen LogP contribution in [0.2, 0.25) is 0 Å². The van der Waals surface area contributed by atoms with Gasteiger partial charge in [-0.05, 0) is 13.0 Å². The molecule has 1 aliphatic heterocycles. The van der Waals surface area contributed by atoms with Crippen molar-refractivity contribution in [3.63, 3.8) is 0 Å². The number of aromatic nitrogens is 4. The molecular weight excluding hydrogens is 341 g/mol. The van der Waals surface area contributed by atoms with Gasteiger partial charge in [0.2, 0.25) is 5.82 Å². The second kappa shape index (κ2) is 8.97. The van der Waals surface area contributed by atoms with Crippen molar-refractivity contribution in [1.29, 1.82) is 0 Å². The number of aryl methyl sites for hydroxylation is 1. The van der Waals surface area contributed by atoms with E-state index in [-0.39, 0.29) is 36.5 Å². The van der Waals surface area contributed by atoms with Crippen molar-refractivity contribution in [3.8, 4) is 0 Å². The number of rotatable bonds is 4. The number of amides is 1. The summed E-state index contributed by atoms with van der Waals surface area (Å²) in [6.07, 6.45) is 1.66. The van der Waals surface area contributed by atoms with Gasteiger partial charge in [0.05, 0.1) is 0 Å². The molecule has 1 aliphatic rings. The third-order valence-electron chi connectivity index (χ3n) is 3.56. The minimum atomic E-state index is -0.255. The zero-order valence-electron chi connectivity index (χ0n) is 12.9. The quantitative estimate of drug-likeness (QED) is 0.791. The first-order valence-corrected chi connectivity index (χ1v) is 7.14. The van der Waals surface area contributed by atoms with Gasteiger partial charge in [0.1, 0.15) is 0 Å². The molecule has 1 fully saturated rings. The number of piperazine rings is 1. The van der Waals surface area contributed by atoms with Crippen molar-refractivity contribution in [2.24, 2.45) is 0 Å². The van der Waals surface area contributed by atoms with Crippen molar-refractivity contribution in [2.75, 3.05) is 39.3 Å². The number of carbonyl (C=O) groups excluding carboxylic acids is 1. The number of hydrogen-bond donors (Lipinski definition) is 2. The lowest BCUT2D eigenvalue weighted by molar-refractivity contribution is 0.0937. The largest absolute Gasteiger partial charge is 0.348 e. The Labute approximate surface area is 146 Å². The second-order valence-corrected chi connectivity index (χ2v) is 5.08. The summed E-state index contributed by atoms with van der Waals surface area (Å²) in [5.74, 6) is 0.356. The van der Waals surface area contributed by atoms with Gasteiger partial charge < -0.3 is 10.6 Å². The average molecular weight is 362 g/mol. The fourth-order valence-electron chi connectivity index (χ4n) is 2.34. The molecule has 2 N–H and O–H groups in total. The summed E-state index contributed by atoms with van der Waals surface area (Å²) in [6, 6.07) is 1.83. The Morgan fingerprint density at radius 2 is 2.09 bits per heavy atom. The molecule has 1 saturated heterocycles.